The molecule has 0 spiro atoms. The highest BCUT2D eigenvalue weighted by Crippen LogP contribution is 2.34. The van der Waals surface area contributed by atoms with Gasteiger partial charge in [0.25, 0.3) is 0 Å². The maximum atomic E-state index is 5.97. The summed E-state index contributed by atoms with van der Waals surface area (Å²) in [7, 11) is 0. The average molecular weight is 343 g/mol. The molecule has 0 N–H and O–H groups in total. The van der Waals surface area contributed by atoms with Crippen molar-refractivity contribution in [2.75, 3.05) is 0 Å². The molecule has 0 saturated heterocycles. The lowest BCUT2D eigenvalue weighted by Crippen LogP contribution is -2.16. The molecule has 0 fully saturated rings. The molecule has 2 aromatic carbocycles. The Balaban J connectivity index is 1.61. The van der Waals surface area contributed by atoms with Crippen molar-refractivity contribution < 1.29 is 4.74 Å². The first-order chi connectivity index (χ1) is 12.9. The molecule has 0 amide bonds. The molecule has 0 bridgehead atoms. The summed E-state index contributed by atoms with van der Waals surface area (Å²) < 4.78 is 9.79. The number of rotatable bonds is 3. The summed E-state index contributed by atoms with van der Waals surface area (Å²) >= 11 is 0. The zero-order valence-electron chi connectivity index (χ0n) is 14.1. The molecule has 3 heterocycles. The third-order valence-corrected chi connectivity index (χ3v) is 4.66. The zero-order valence-corrected chi connectivity index (χ0v) is 14.1. The number of aromatic nitrogens is 5. The van der Waals surface area contributed by atoms with Gasteiger partial charge in [-0.15, -0.1) is 10.2 Å². The fraction of sp³-hybridized carbons (Fsp3) is 0.150. The number of fused-ring (bicyclic) bond motifs is 2. The monoisotopic (exact) mass is 343 g/mol. The van der Waals surface area contributed by atoms with Gasteiger partial charge in [0.2, 0.25) is 5.88 Å². The lowest BCUT2D eigenvalue weighted by atomic mass is 10.0. The lowest BCUT2D eigenvalue weighted by molar-refractivity contribution is 0.287. The Hall–Kier alpha value is -3.41. The van der Waals surface area contributed by atoms with Crippen LogP contribution in [0.2, 0.25) is 0 Å². The van der Waals surface area contributed by atoms with E-state index in [9.17, 15) is 0 Å². The van der Waals surface area contributed by atoms with Gasteiger partial charge in [-0.2, -0.15) is 0 Å². The highest BCUT2D eigenvalue weighted by molar-refractivity contribution is 5.38. The van der Waals surface area contributed by atoms with Crippen LogP contribution in [0.5, 0.6) is 5.88 Å². The maximum Gasteiger partial charge on any atom is 0.239 e. The van der Waals surface area contributed by atoms with Gasteiger partial charge >= 0.3 is 0 Å². The normalized spacial score (nSPS) is 15.6. The molecular formula is C20H17N5O. The predicted molar refractivity (Wildman–Crippen MR) is 96.2 cm³/mol. The van der Waals surface area contributed by atoms with E-state index in [1.165, 1.54) is 5.56 Å². The second kappa shape index (κ2) is 6.15. The minimum Gasteiger partial charge on any atom is -0.470 e. The van der Waals surface area contributed by atoms with E-state index >= 15 is 0 Å². The largest absolute Gasteiger partial charge is 0.470 e. The molecule has 6 nitrogen and oxygen atoms in total. The van der Waals surface area contributed by atoms with Crippen LogP contribution in [0.3, 0.4) is 0 Å². The smallest absolute Gasteiger partial charge is 0.239 e. The summed E-state index contributed by atoms with van der Waals surface area (Å²) in [6.45, 7) is 0.414. The number of nitrogens with zero attached hydrogens (tertiary/aromatic N) is 5. The molecule has 6 heteroatoms. The van der Waals surface area contributed by atoms with E-state index in [-0.39, 0.29) is 6.04 Å². The van der Waals surface area contributed by atoms with E-state index in [2.05, 4.69) is 39.7 Å². The molecule has 1 aliphatic heterocycles. The van der Waals surface area contributed by atoms with E-state index in [1.54, 1.807) is 6.20 Å². The van der Waals surface area contributed by atoms with Gasteiger partial charge in [0.15, 0.2) is 0 Å². The van der Waals surface area contributed by atoms with Gasteiger partial charge < -0.3 is 4.74 Å². The molecule has 1 aliphatic rings. The van der Waals surface area contributed by atoms with Crippen molar-refractivity contribution in [3.05, 3.63) is 89.9 Å². The summed E-state index contributed by atoms with van der Waals surface area (Å²) in [6.07, 6.45) is 4.60. The SMILES string of the molecule is c1ccc(CC2c3cn(-c4ccccc4)nc3OCc3cnnn32)cc1. The van der Waals surface area contributed by atoms with Crippen molar-refractivity contribution in [1.29, 1.82) is 0 Å². The number of hydrogen-bond donors (Lipinski definition) is 0. The van der Waals surface area contributed by atoms with Crippen molar-refractivity contribution in [2.24, 2.45) is 0 Å². The molecule has 1 unspecified atom stereocenters. The van der Waals surface area contributed by atoms with Crippen LogP contribution in [0, 0.1) is 0 Å². The first-order valence-electron chi connectivity index (χ1n) is 8.59. The fourth-order valence-electron chi connectivity index (χ4n) is 3.36. The number of ether oxygens (including phenoxy) is 1. The van der Waals surface area contributed by atoms with Gasteiger partial charge in [-0.25, -0.2) is 9.36 Å². The minimum absolute atomic E-state index is 0.00939. The predicted octanol–water partition coefficient (Wildman–Crippen LogP) is 3.19. The second-order valence-corrected chi connectivity index (χ2v) is 6.33. The van der Waals surface area contributed by atoms with Crippen LogP contribution in [-0.2, 0) is 13.0 Å². The van der Waals surface area contributed by atoms with Crippen molar-refractivity contribution in [3.63, 3.8) is 0 Å². The molecule has 1 atom stereocenters. The van der Waals surface area contributed by atoms with Gasteiger partial charge in [0.1, 0.15) is 6.61 Å². The molecule has 26 heavy (non-hydrogen) atoms. The van der Waals surface area contributed by atoms with E-state index in [0.717, 1.165) is 23.4 Å². The molecule has 2 aromatic heterocycles. The van der Waals surface area contributed by atoms with Gasteiger partial charge in [0.05, 0.1) is 29.2 Å². The van der Waals surface area contributed by atoms with Crippen molar-refractivity contribution >= 4 is 0 Å². The maximum absolute atomic E-state index is 5.97. The van der Waals surface area contributed by atoms with E-state index < -0.39 is 0 Å². The Morgan fingerprint density at radius 1 is 1.00 bits per heavy atom. The molecule has 0 radical (unpaired) electrons. The summed E-state index contributed by atoms with van der Waals surface area (Å²) in [5.74, 6) is 0.653. The molecular weight excluding hydrogens is 326 g/mol. The minimum atomic E-state index is -0.00939. The van der Waals surface area contributed by atoms with E-state index in [4.69, 9.17) is 4.74 Å². The highest BCUT2D eigenvalue weighted by atomic mass is 16.5. The third-order valence-electron chi connectivity index (χ3n) is 4.66. The fourth-order valence-corrected chi connectivity index (χ4v) is 3.36. The summed E-state index contributed by atoms with van der Waals surface area (Å²) in [5, 5.41) is 13.1. The van der Waals surface area contributed by atoms with E-state index in [0.29, 0.717) is 12.5 Å². The Bertz CT molecular complexity index is 1020. The Kier molecular flexibility index (Phi) is 3.52. The van der Waals surface area contributed by atoms with Crippen LogP contribution < -0.4 is 4.74 Å². The molecule has 128 valence electrons. The summed E-state index contributed by atoms with van der Waals surface area (Å²) in [5.41, 5.74) is 4.21. The van der Waals surface area contributed by atoms with Crippen LogP contribution in [0.25, 0.3) is 5.69 Å². The number of benzene rings is 2. The van der Waals surface area contributed by atoms with Gasteiger partial charge in [0, 0.05) is 6.20 Å². The first kappa shape index (κ1) is 14.9. The van der Waals surface area contributed by atoms with Gasteiger partial charge in [-0.05, 0) is 24.1 Å². The lowest BCUT2D eigenvalue weighted by Gasteiger charge is -2.16. The summed E-state index contributed by atoms with van der Waals surface area (Å²) in [6, 6.07) is 20.4. The standard InChI is InChI=1S/C20H17N5O/c1-3-7-15(8-4-1)11-19-18-13-24(16-9-5-2-6-10-16)22-20(18)26-14-17-12-21-23-25(17)19/h1-10,12-13,19H,11,14H2. The summed E-state index contributed by atoms with van der Waals surface area (Å²) in [4.78, 5) is 0. The number of hydrogen-bond acceptors (Lipinski definition) is 4. The molecule has 5 rings (SSSR count). The van der Waals surface area contributed by atoms with Gasteiger partial charge in [-0.1, -0.05) is 53.7 Å². The second-order valence-electron chi connectivity index (χ2n) is 6.33. The van der Waals surface area contributed by atoms with Crippen LogP contribution in [0.4, 0.5) is 0 Å². The highest BCUT2D eigenvalue weighted by Gasteiger charge is 2.28. The molecule has 0 saturated carbocycles. The Morgan fingerprint density at radius 2 is 1.77 bits per heavy atom. The molecule has 0 aliphatic carbocycles. The van der Waals surface area contributed by atoms with Crippen LogP contribution >= 0.6 is 0 Å². The average Bonchev–Trinajstić information content (AvgIpc) is 3.31. The van der Waals surface area contributed by atoms with Crippen molar-refractivity contribution in [2.45, 2.75) is 19.1 Å². The topological polar surface area (TPSA) is 57.8 Å². The van der Waals surface area contributed by atoms with Crippen molar-refractivity contribution in [1.82, 2.24) is 24.8 Å². The zero-order chi connectivity index (χ0) is 17.3. The Morgan fingerprint density at radius 3 is 2.58 bits per heavy atom. The number of para-hydroxylation sites is 1. The van der Waals surface area contributed by atoms with Crippen LogP contribution in [0.15, 0.2) is 73.1 Å². The third kappa shape index (κ3) is 2.56. The Labute approximate surface area is 150 Å². The quantitative estimate of drug-likeness (QED) is 0.573. The first-order valence-corrected chi connectivity index (χ1v) is 8.59. The van der Waals surface area contributed by atoms with E-state index in [1.807, 2.05) is 52.0 Å². The van der Waals surface area contributed by atoms with Gasteiger partial charge in [-0.3, -0.25) is 0 Å². The molecule has 4 aromatic rings. The van der Waals surface area contributed by atoms with Crippen molar-refractivity contribution in [3.8, 4) is 11.6 Å². The van der Waals surface area contributed by atoms with Crippen LogP contribution in [0.1, 0.15) is 22.9 Å². The van der Waals surface area contributed by atoms with Crippen LogP contribution in [-0.4, -0.2) is 24.8 Å².